The van der Waals surface area contributed by atoms with Gasteiger partial charge in [0, 0.05) is 10.3 Å². The van der Waals surface area contributed by atoms with E-state index in [0.29, 0.717) is 23.0 Å². The molecule has 3 aromatic heterocycles. The van der Waals surface area contributed by atoms with E-state index in [-0.39, 0.29) is 17.0 Å². The molecule has 7 heteroatoms. The molecule has 4 rings (SSSR count). The largest absolute Gasteiger partial charge is 0.505 e. The first-order valence-electron chi connectivity index (χ1n) is 8.19. The molecule has 0 spiro atoms. The Hall–Kier alpha value is -3.45. The van der Waals surface area contributed by atoms with Crippen molar-refractivity contribution < 1.29 is 9.90 Å². The van der Waals surface area contributed by atoms with Crippen molar-refractivity contribution in [2.75, 3.05) is 0 Å². The number of aromatic nitrogens is 2. The molecule has 0 aliphatic rings. The number of fused-ring (bicyclic) bond motifs is 1. The highest BCUT2D eigenvalue weighted by molar-refractivity contribution is 7.13. The Morgan fingerprint density at radius 3 is 2.63 bits per heavy atom. The van der Waals surface area contributed by atoms with Crippen LogP contribution in [0.3, 0.4) is 0 Å². The minimum atomic E-state index is -0.826. The van der Waals surface area contributed by atoms with E-state index in [1.54, 1.807) is 10.6 Å². The number of rotatable bonds is 4. The lowest BCUT2D eigenvalue weighted by Crippen LogP contribution is -2.23. The van der Waals surface area contributed by atoms with E-state index in [0.717, 1.165) is 10.4 Å². The lowest BCUT2D eigenvalue weighted by Gasteiger charge is -2.14. The molecule has 0 aliphatic carbocycles. The number of aromatic hydroxyl groups is 1. The highest BCUT2D eigenvalue weighted by atomic mass is 32.1. The number of nitrogens with zero attached hydrogens (tertiary/aromatic N) is 2. The molecule has 3 heterocycles. The number of hydrogen-bond acceptors (Lipinski definition) is 5. The average Bonchev–Trinajstić information content (AvgIpc) is 3.19. The summed E-state index contributed by atoms with van der Waals surface area (Å²) in [6.45, 7) is 0.312. The van der Waals surface area contributed by atoms with Crippen LogP contribution in [0.15, 0.2) is 64.9 Å². The lowest BCUT2D eigenvalue weighted by molar-refractivity contribution is 0.0993. The fourth-order valence-electron chi connectivity index (χ4n) is 3.04. The molecule has 0 saturated carbocycles. The van der Waals surface area contributed by atoms with Crippen molar-refractivity contribution in [1.29, 1.82) is 0 Å². The zero-order valence-corrected chi connectivity index (χ0v) is 14.9. The van der Waals surface area contributed by atoms with Crippen LogP contribution in [0.25, 0.3) is 21.3 Å². The van der Waals surface area contributed by atoms with Crippen LogP contribution in [0, 0.1) is 0 Å². The number of carbonyl (C=O) groups is 1. The van der Waals surface area contributed by atoms with Gasteiger partial charge >= 0.3 is 0 Å². The van der Waals surface area contributed by atoms with Crippen LogP contribution in [0.5, 0.6) is 5.75 Å². The Labute approximate surface area is 158 Å². The summed E-state index contributed by atoms with van der Waals surface area (Å²) in [6, 6.07) is 14.8. The van der Waals surface area contributed by atoms with Gasteiger partial charge in [0.2, 0.25) is 0 Å². The Morgan fingerprint density at radius 1 is 1.19 bits per heavy atom. The fraction of sp³-hybridized carbons (Fsp3) is 0.0500. The van der Waals surface area contributed by atoms with Gasteiger partial charge in [0.25, 0.3) is 11.5 Å². The zero-order valence-electron chi connectivity index (χ0n) is 14.1. The van der Waals surface area contributed by atoms with Crippen molar-refractivity contribution in [1.82, 2.24) is 9.55 Å². The number of nitrogens with two attached hydrogens (primary N) is 1. The summed E-state index contributed by atoms with van der Waals surface area (Å²) < 4.78 is 1.55. The minimum absolute atomic E-state index is 0.193. The molecule has 4 aromatic rings. The van der Waals surface area contributed by atoms with Crippen LogP contribution in [-0.2, 0) is 6.54 Å². The molecule has 0 fully saturated rings. The van der Waals surface area contributed by atoms with Gasteiger partial charge in [-0.1, -0.05) is 36.4 Å². The summed E-state index contributed by atoms with van der Waals surface area (Å²) in [7, 11) is 0. The topological polar surface area (TPSA) is 98.2 Å². The normalized spacial score (nSPS) is 11.0. The van der Waals surface area contributed by atoms with E-state index in [9.17, 15) is 14.7 Å². The molecule has 0 aliphatic heterocycles. The van der Waals surface area contributed by atoms with Crippen molar-refractivity contribution in [2.45, 2.75) is 6.54 Å². The smallest absolute Gasteiger partial charge is 0.271 e. The fourth-order valence-corrected chi connectivity index (χ4v) is 3.77. The molecular weight excluding hydrogens is 362 g/mol. The molecule has 27 heavy (non-hydrogen) atoms. The summed E-state index contributed by atoms with van der Waals surface area (Å²) >= 11 is 1.43. The number of carbonyl (C=O) groups excluding carboxylic acids is 1. The van der Waals surface area contributed by atoms with Gasteiger partial charge in [0.1, 0.15) is 0 Å². The molecule has 0 atom stereocenters. The van der Waals surface area contributed by atoms with Crippen molar-refractivity contribution in [3.8, 4) is 16.2 Å². The van der Waals surface area contributed by atoms with E-state index in [1.165, 1.54) is 17.5 Å². The van der Waals surface area contributed by atoms with Crippen molar-refractivity contribution >= 4 is 28.1 Å². The Balaban J connectivity index is 2.04. The Kier molecular flexibility index (Phi) is 4.21. The third kappa shape index (κ3) is 2.98. The monoisotopic (exact) mass is 377 g/mol. The van der Waals surface area contributed by atoms with E-state index in [1.807, 2.05) is 47.8 Å². The Bertz CT molecular complexity index is 1200. The number of amides is 1. The van der Waals surface area contributed by atoms with Crippen molar-refractivity contribution in [2.24, 2.45) is 5.73 Å². The van der Waals surface area contributed by atoms with Crippen molar-refractivity contribution in [3.05, 3.63) is 81.7 Å². The third-order valence-electron chi connectivity index (χ3n) is 4.33. The maximum Gasteiger partial charge on any atom is 0.271 e. The van der Waals surface area contributed by atoms with Gasteiger partial charge in [0.15, 0.2) is 11.4 Å². The molecule has 1 amide bonds. The second kappa shape index (κ2) is 6.69. The standard InChI is InChI=1S/C20H15N3O3S/c21-19(25)17-18(24)13-9-14(16-7-4-8-27-16)20(26)23(15(13)10-22-17)11-12-5-2-1-3-6-12/h1-10,24H,11H2,(H2,21,25). The number of thiophene rings is 1. The van der Waals surface area contributed by atoms with Gasteiger partial charge in [-0.2, -0.15) is 0 Å². The van der Waals surface area contributed by atoms with Crippen LogP contribution < -0.4 is 11.3 Å². The van der Waals surface area contributed by atoms with Crippen molar-refractivity contribution in [3.63, 3.8) is 0 Å². The highest BCUT2D eigenvalue weighted by Gasteiger charge is 2.19. The molecule has 6 nitrogen and oxygen atoms in total. The van der Waals surface area contributed by atoms with E-state index >= 15 is 0 Å². The van der Waals surface area contributed by atoms with E-state index < -0.39 is 5.91 Å². The summed E-state index contributed by atoms with van der Waals surface area (Å²) in [4.78, 5) is 29.5. The lowest BCUT2D eigenvalue weighted by atomic mass is 10.1. The van der Waals surface area contributed by atoms with Gasteiger partial charge in [-0.05, 0) is 23.1 Å². The van der Waals surface area contributed by atoms with Gasteiger partial charge in [-0.25, -0.2) is 4.98 Å². The SMILES string of the molecule is NC(=O)c1ncc2c(cc(-c3cccs3)c(=O)n2Cc2ccccc2)c1O. The van der Waals surface area contributed by atoms with Crippen LogP contribution in [-0.4, -0.2) is 20.6 Å². The molecule has 0 radical (unpaired) electrons. The average molecular weight is 377 g/mol. The van der Waals surface area contributed by atoms with Gasteiger partial charge in [-0.3, -0.25) is 9.59 Å². The number of benzene rings is 1. The third-order valence-corrected chi connectivity index (χ3v) is 5.23. The molecule has 134 valence electrons. The number of primary amides is 1. The van der Waals surface area contributed by atoms with Crippen LogP contribution >= 0.6 is 11.3 Å². The second-order valence-corrected chi connectivity index (χ2v) is 6.98. The van der Waals surface area contributed by atoms with E-state index in [4.69, 9.17) is 5.73 Å². The summed E-state index contributed by atoms with van der Waals surface area (Å²) in [5.74, 6) is -1.15. The number of hydrogen-bond donors (Lipinski definition) is 2. The van der Waals surface area contributed by atoms with Gasteiger partial charge in [0.05, 0.1) is 23.8 Å². The first-order chi connectivity index (χ1) is 13.1. The first kappa shape index (κ1) is 17.0. The molecular formula is C20H15N3O3S. The molecule has 0 saturated heterocycles. The molecule has 0 bridgehead atoms. The summed E-state index contributed by atoms with van der Waals surface area (Å²) in [5.41, 5.74) is 6.71. The molecule has 3 N–H and O–H groups in total. The zero-order chi connectivity index (χ0) is 19.0. The molecule has 0 unspecified atom stereocenters. The van der Waals surface area contributed by atoms with Crippen LogP contribution in [0.2, 0.25) is 0 Å². The van der Waals surface area contributed by atoms with Crippen LogP contribution in [0.4, 0.5) is 0 Å². The summed E-state index contributed by atoms with van der Waals surface area (Å²) in [6.07, 6.45) is 1.40. The highest BCUT2D eigenvalue weighted by Crippen LogP contribution is 2.31. The van der Waals surface area contributed by atoms with Crippen LogP contribution in [0.1, 0.15) is 16.1 Å². The maximum absolute atomic E-state index is 13.2. The predicted octanol–water partition coefficient (Wildman–Crippen LogP) is 2.98. The summed E-state index contributed by atoms with van der Waals surface area (Å²) in [5, 5.41) is 12.8. The predicted molar refractivity (Wildman–Crippen MR) is 105 cm³/mol. The first-order valence-corrected chi connectivity index (χ1v) is 9.07. The number of pyridine rings is 2. The minimum Gasteiger partial charge on any atom is -0.505 e. The quantitative estimate of drug-likeness (QED) is 0.571. The molecule has 1 aromatic carbocycles. The van der Waals surface area contributed by atoms with Gasteiger partial charge < -0.3 is 15.4 Å². The van der Waals surface area contributed by atoms with E-state index in [2.05, 4.69) is 4.98 Å². The Morgan fingerprint density at radius 2 is 1.96 bits per heavy atom. The van der Waals surface area contributed by atoms with Gasteiger partial charge in [-0.15, -0.1) is 11.3 Å². The second-order valence-electron chi connectivity index (χ2n) is 6.03. The maximum atomic E-state index is 13.2.